The van der Waals surface area contributed by atoms with E-state index < -0.39 is 63.0 Å². The largest absolute Gasteiger partial charge is 0.447 e. The molecule has 1 aliphatic rings. The highest BCUT2D eigenvalue weighted by molar-refractivity contribution is 7.92. The Bertz CT molecular complexity index is 1440. The van der Waals surface area contributed by atoms with Crippen molar-refractivity contribution in [2.75, 3.05) is 6.26 Å². The van der Waals surface area contributed by atoms with E-state index in [4.69, 9.17) is 9.47 Å². The molecule has 5 atom stereocenters. The molecule has 2 aromatic rings. The van der Waals surface area contributed by atoms with E-state index in [1.54, 1.807) is 38.1 Å². The molecule has 0 aliphatic carbocycles. The molecule has 11 nitrogen and oxygen atoms in total. The molecule has 3 N–H and O–H groups in total. The highest BCUT2D eigenvalue weighted by atomic mass is 32.2. The van der Waals surface area contributed by atoms with Gasteiger partial charge in [0, 0.05) is 11.8 Å². The maximum absolute atomic E-state index is 13.7. The monoisotopic (exact) mass is 643 g/mol. The molecule has 3 amide bonds. The van der Waals surface area contributed by atoms with E-state index in [9.17, 15) is 27.6 Å². The van der Waals surface area contributed by atoms with E-state index in [1.165, 1.54) is 13.8 Å². The van der Waals surface area contributed by atoms with E-state index in [0.717, 1.165) is 11.8 Å². The quantitative estimate of drug-likeness (QED) is 0.197. The van der Waals surface area contributed by atoms with Gasteiger partial charge in [-0.15, -0.1) is 0 Å². The molecule has 0 spiro atoms. The Labute approximate surface area is 265 Å². The Hall–Kier alpha value is -3.77. The van der Waals surface area contributed by atoms with Crippen LogP contribution in [0.4, 0.5) is 4.79 Å². The van der Waals surface area contributed by atoms with Crippen LogP contribution in [0.25, 0.3) is 0 Å². The van der Waals surface area contributed by atoms with Gasteiger partial charge in [-0.1, -0.05) is 74.5 Å². The highest BCUT2D eigenvalue weighted by Crippen LogP contribution is 2.31. The minimum absolute atomic E-state index is 0.0473. The maximum atomic E-state index is 13.7. The molecule has 3 unspecified atom stereocenters. The molecule has 0 bridgehead atoms. The molecule has 1 saturated heterocycles. The van der Waals surface area contributed by atoms with Gasteiger partial charge in [0.2, 0.25) is 11.8 Å². The van der Waals surface area contributed by atoms with Crippen LogP contribution in [0.3, 0.4) is 0 Å². The topological polar surface area (TPSA) is 160 Å². The molecule has 2 aromatic carbocycles. The standard InChI is InChI=1S/C33H45N3O8S/c1-20(2)27(28(38)23-16-12-9-13-17-23)35-26(37)19-25-29(44-25)24(18-22-14-10-8-11-15-22)34-31(39)30(33(5,6)45(7,41)42)36-32(40)43-21(3)4/h8-17,20-21,24-25,27,29-30H,18-19H2,1-7H3,(H,34,39)(H,35,37)(H,36,40)/t24?,25-,27?,29?,30+/m0/s1. The van der Waals surface area contributed by atoms with Gasteiger partial charge in [0.15, 0.2) is 15.6 Å². The Morgan fingerprint density at radius 2 is 1.47 bits per heavy atom. The first-order valence-electron chi connectivity index (χ1n) is 15.1. The van der Waals surface area contributed by atoms with Crippen molar-refractivity contribution in [2.24, 2.45) is 5.92 Å². The second-order valence-electron chi connectivity index (χ2n) is 12.6. The third-order valence-electron chi connectivity index (χ3n) is 7.87. The summed E-state index contributed by atoms with van der Waals surface area (Å²) in [7, 11) is -3.84. The molecule has 0 aromatic heterocycles. The molecule has 246 valence electrons. The zero-order valence-electron chi connectivity index (χ0n) is 26.9. The van der Waals surface area contributed by atoms with Gasteiger partial charge in [0.1, 0.15) is 12.1 Å². The lowest BCUT2D eigenvalue weighted by atomic mass is 9.94. The van der Waals surface area contributed by atoms with Crippen LogP contribution in [0.5, 0.6) is 0 Å². The van der Waals surface area contributed by atoms with Gasteiger partial charge in [0.25, 0.3) is 0 Å². The molecule has 1 heterocycles. The predicted octanol–water partition coefficient (Wildman–Crippen LogP) is 3.22. The van der Waals surface area contributed by atoms with Gasteiger partial charge in [0.05, 0.1) is 35.5 Å². The summed E-state index contributed by atoms with van der Waals surface area (Å²) in [6.45, 7) is 9.69. The molecule has 3 rings (SSSR count). The van der Waals surface area contributed by atoms with Crippen molar-refractivity contribution in [3.8, 4) is 0 Å². The highest BCUT2D eigenvalue weighted by Gasteiger charge is 2.50. The smallest absolute Gasteiger partial charge is 0.408 e. The number of epoxide rings is 1. The fourth-order valence-electron chi connectivity index (χ4n) is 4.93. The SMILES string of the molecule is CC(C)OC(=O)N[C@H](C(=O)NC(Cc1ccccc1)C1O[C@H]1CC(=O)NC(C(=O)c1ccccc1)C(C)C)C(C)(C)S(C)(=O)=O. The molecule has 1 aliphatic heterocycles. The van der Waals surface area contributed by atoms with Crippen LogP contribution >= 0.6 is 0 Å². The van der Waals surface area contributed by atoms with Crippen LogP contribution in [0.2, 0.25) is 0 Å². The van der Waals surface area contributed by atoms with Crippen LogP contribution in [-0.4, -0.2) is 79.5 Å². The molecule has 0 radical (unpaired) electrons. The molecule has 1 fully saturated rings. The number of Topliss-reactive ketones (excluding diaryl/α,β-unsaturated/α-hetero) is 1. The minimum atomic E-state index is -3.84. The summed E-state index contributed by atoms with van der Waals surface area (Å²) in [4.78, 5) is 52.4. The number of ether oxygens (including phenoxy) is 2. The first-order valence-corrected chi connectivity index (χ1v) is 17.0. The molecular weight excluding hydrogens is 598 g/mol. The number of alkyl carbamates (subject to hydrolysis) is 1. The third kappa shape index (κ3) is 9.86. The summed E-state index contributed by atoms with van der Waals surface area (Å²) in [5.41, 5.74) is 1.38. The third-order valence-corrected chi connectivity index (χ3v) is 10.0. The van der Waals surface area contributed by atoms with E-state index in [-0.39, 0.29) is 24.0 Å². The summed E-state index contributed by atoms with van der Waals surface area (Å²) < 4.78 is 34.7. The number of sulfone groups is 1. The summed E-state index contributed by atoms with van der Waals surface area (Å²) in [5, 5.41) is 8.16. The van der Waals surface area contributed by atoms with Crippen molar-refractivity contribution in [2.45, 2.75) is 95.6 Å². The van der Waals surface area contributed by atoms with Crippen molar-refractivity contribution in [3.63, 3.8) is 0 Å². The number of hydrogen-bond donors (Lipinski definition) is 3. The second-order valence-corrected chi connectivity index (χ2v) is 15.2. The van der Waals surface area contributed by atoms with Gasteiger partial charge < -0.3 is 25.4 Å². The van der Waals surface area contributed by atoms with E-state index in [0.29, 0.717) is 12.0 Å². The van der Waals surface area contributed by atoms with Crippen molar-refractivity contribution >= 4 is 33.5 Å². The second kappa shape index (κ2) is 15.0. The summed E-state index contributed by atoms with van der Waals surface area (Å²) in [6, 6.07) is 15.2. The first-order chi connectivity index (χ1) is 21.0. The lowest BCUT2D eigenvalue weighted by molar-refractivity contribution is -0.124. The number of benzene rings is 2. The van der Waals surface area contributed by atoms with Crippen LogP contribution in [-0.2, 0) is 35.3 Å². The van der Waals surface area contributed by atoms with E-state index >= 15 is 0 Å². The van der Waals surface area contributed by atoms with E-state index in [1.807, 2.05) is 50.2 Å². The Balaban J connectivity index is 1.78. The van der Waals surface area contributed by atoms with Crippen LogP contribution in [0.1, 0.15) is 63.9 Å². The number of hydrogen-bond acceptors (Lipinski definition) is 8. The fourth-order valence-corrected chi connectivity index (χ4v) is 5.52. The van der Waals surface area contributed by atoms with Crippen molar-refractivity contribution in [1.82, 2.24) is 16.0 Å². The van der Waals surface area contributed by atoms with Crippen LogP contribution < -0.4 is 16.0 Å². The fraction of sp³-hybridized carbons (Fsp3) is 0.515. The minimum Gasteiger partial charge on any atom is -0.447 e. The van der Waals surface area contributed by atoms with Gasteiger partial charge in [-0.05, 0) is 45.6 Å². The summed E-state index contributed by atoms with van der Waals surface area (Å²) in [5.74, 6) is -1.46. The zero-order valence-corrected chi connectivity index (χ0v) is 27.7. The molecule has 12 heteroatoms. The predicted molar refractivity (Wildman–Crippen MR) is 170 cm³/mol. The number of carbonyl (C=O) groups excluding carboxylic acids is 4. The normalized spacial score (nSPS) is 18.4. The van der Waals surface area contributed by atoms with Crippen LogP contribution in [0, 0.1) is 5.92 Å². The average molecular weight is 644 g/mol. The number of ketones is 1. The lowest BCUT2D eigenvalue weighted by Gasteiger charge is -2.33. The Kier molecular flexibility index (Phi) is 11.9. The van der Waals surface area contributed by atoms with Gasteiger partial charge in [-0.25, -0.2) is 13.2 Å². The van der Waals surface area contributed by atoms with Crippen LogP contribution in [0.15, 0.2) is 60.7 Å². The van der Waals surface area contributed by atoms with Gasteiger partial charge in [-0.2, -0.15) is 0 Å². The number of nitrogens with one attached hydrogen (secondary N) is 3. The number of amides is 3. The number of rotatable bonds is 15. The molecule has 45 heavy (non-hydrogen) atoms. The Morgan fingerprint density at radius 3 is 2.00 bits per heavy atom. The average Bonchev–Trinajstić information content (AvgIpc) is 3.72. The van der Waals surface area contributed by atoms with Crippen molar-refractivity contribution < 1.29 is 37.1 Å². The van der Waals surface area contributed by atoms with Gasteiger partial charge >= 0.3 is 6.09 Å². The Morgan fingerprint density at radius 1 is 0.889 bits per heavy atom. The van der Waals surface area contributed by atoms with Crippen molar-refractivity contribution in [3.05, 3.63) is 71.8 Å². The molecular formula is C33H45N3O8S. The van der Waals surface area contributed by atoms with E-state index in [2.05, 4.69) is 16.0 Å². The summed E-state index contributed by atoms with van der Waals surface area (Å²) in [6.07, 6.45) is -1.29. The summed E-state index contributed by atoms with van der Waals surface area (Å²) >= 11 is 0. The zero-order chi connectivity index (χ0) is 33.5. The first kappa shape index (κ1) is 35.7. The van der Waals surface area contributed by atoms with Gasteiger partial charge in [-0.3, -0.25) is 14.4 Å². The number of carbonyl (C=O) groups is 4. The lowest BCUT2D eigenvalue weighted by Crippen LogP contribution is -2.62. The van der Waals surface area contributed by atoms with Crippen molar-refractivity contribution in [1.29, 1.82) is 0 Å². The maximum Gasteiger partial charge on any atom is 0.408 e. The molecule has 0 saturated carbocycles.